The molecule has 0 aromatic heterocycles. The molecule has 1 N–H and O–H groups in total. The average Bonchev–Trinajstić information content (AvgIpc) is 3.19. The van der Waals surface area contributed by atoms with Crippen LogP contribution in [0.1, 0.15) is 51.9 Å². The van der Waals surface area contributed by atoms with Gasteiger partial charge in [-0.3, -0.25) is 14.4 Å². The molecule has 3 fully saturated rings. The van der Waals surface area contributed by atoms with Gasteiger partial charge in [-0.25, -0.2) is 0 Å². The highest BCUT2D eigenvalue weighted by molar-refractivity contribution is 5.92. The molecule has 2 amide bonds. The van der Waals surface area contributed by atoms with Gasteiger partial charge in [-0.1, -0.05) is 12.8 Å². The number of ether oxygens (including phenoxy) is 1. The number of rotatable bonds is 4. The SMILES string of the molecule is CCOC(=O)[C@H]1[C@@H](O)C(=O)N(C)C12CCN(C(=O)CC1CCCC1)CC2. The summed E-state index contributed by atoms with van der Waals surface area (Å²) in [5.41, 5.74) is -0.757. The minimum atomic E-state index is -1.36. The summed E-state index contributed by atoms with van der Waals surface area (Å²) >= 11 is 0. The molecular formula is C19H30N2O5. The first kappa shape index (κ1) is 19.1. The number of aliphatic hydroxyl groups is 1. The predicted molar refractivity (Wildman–Crippen MR) is 94.0 cm³/mol. The molecule has 26 heavy (non-hydrogen) atoms. The molecule has 1 saturated carbocycles. The molecule has 2 heterocycles. The van der Waals surface area contributed by atoms with Crippen LogP contribution in [0.25, 0.3) is 0 Å². The molecule has 1 aliphatic carbocycles. The Morgan fingerprint density at radius 2 is 1.85 bits per heavy atom. The van der Waals surface area contributed by atoms with Gasteiger partial charge in [-0.05, 0) is 38.5 Å². The van der Waals surface area contributed by atoms with Crippen molar-refractivity contribution in [3.8, 4) is 0 Å². The van der Waals surface area contributed by atoms with Crippen molar-refractivity contribution in [3.63, 3.8) is 0 Å². The highest BCUT2D eigenvalue weighted by Crippen LogP contribution is 2.43. The molecule has 2 saturated heterocycles. The number of hydrogen-bond donors (Lipinski definition) is 1. The van der Waals surface area contributed by atoms with Gasteiger partial charge in [-0.2, -0.15) is 0 Å². The van der Waals surface area contributed by atoms with Crippen LogP contribution < -0.4 is 0 Å². The van der Waals surface area contributed by atoms with Crippen LogP contribution in [0.3, 0.4) is 0 Å². The Balaban J connectivity index is 1.69. The number of likely N-dealkylation sites (tertiary alicyclic amines) is 2. The second kappa shape index (κ2) is 7.55. The summed E-state index contributed by atoms with van der Waals surface area (Å²) in [6.07, 6.45) is 4.93. The first-order valence-corrected chi connectivity index (χ1v) is 9.81. The van der Waals surface area contributed by atoms with E-state index < -0.39 is 29.4 Å². The molecule has 7 nitrogen and oxygen atoms in total. The quantitative estimate of drug-likeness (QED) is 0.748. The number of amides is 2. The van der Waals surface area contributed by atoms with Crippen LogP contribution in [0.4, 0.5) is 0 Å². The van der Waals surface area contributed by atoms with Gasteiger partial charge in [0, 0.05) is 26.6 Å². The monoisotopic (exact) mass is 366 g/mol. The Morgan fingerprint density at radius 1 is 1.23 bits per heavy atom. The molecule has 7 heteroatoms. The zero-order chi connectivity index (χ0) is 18.9. The van der Waals surface area contributed by atoms with Crippen molar-refractivity contribution in [3.05, 3.63) is 0 Å². The van der Waals surface area contributed by atoms with Gasteiger partial charge < -0.3 is 19.6 Å². The Labute approximate surface area is 154 Å². The Bertz CT molecular complexity index is 564. The molecule has 0 aromatic rings. The lowest BCUT2D eigenvalue weighted by Crippen LogP contribution is -2.57. The summed E-state index contributed by atoms with van der Waals surface area (Å²) in [7, 11) is 1.64. The van der Waals surface area contributed by atoms with Gasteiger partial charge in [0.25, 0.3) is 5.91 Å². The van der Waals surface area contributed by atoms with Gasteiger partial charge >= 0.3 is 5.97 Å². The van der Waals surface area contributed by atoms with Crippen LogP contribution in [0.5, 0.6) is 0 Å². The van der Waals surface area contributed by atoms with Gasteiger partial charge in [0.15, 0.2) is 0 Å². The van der Waals surface area contributed by atoms with Crippen LogP contribution in [-0.4, -0.2) is 71.1 Å². The number of carbonyl (C=O) groups is 3. The molecule has 0 aromatic carbocycles. The molecule has 0 bridgehead atoms. The number of esters is 1. The van der Waals surface area contributed by atoms with Crippen molar-refractivity contribution >= 4 is 17.8 Å². The second-order valence-electron chi connectivity index (χ2n) is 7.91. The maximum atomic E-state index is 12.6. The van der Waals surface area contributed by atoms with E-state index in [4.69, 9.17) is 4.74 Å². The van der Waals surface area contributed by atoms with E-state index in [-0.39, 0.29) is 12.5 Å². The maximum absolute atomic E-state index is 12.6. The number of likely N-dealkylation sites (N-methyl/N-ethyl adjacent to an activating group) is 1. The predicted octanol–water partition coefficient (Wildman–Crippen LogP) is 0.940. The molecule has 0 radical (unpaired) electrons. The topological polar surface area (TPSA) is 87.2 Å². The van der Waals surface area contributed by atoms with Crippen molar-refractivity contribution < 1.29 is 24.2 Å². The minimum absolute atomic E-state index is 0.173. The van der Waals surface area contributed by atoms with Crippen molar-refractivity contribution in [1.29, 1.82) is 0 Å². The van der Waals surface area contributed by atoms with E-state index in [0.717, 1.165) is 12.8 Å². The minimum Gasteiger partial charge on any atom is -0.466 e. The molecule has 2 aliphatic heterocycles. The fraction of sp³-hybridized carbons (Fsp3) is 0.842. The highest BCUT2D eigenvalue weighted by Gasteiger charge is 2.61. The van der Waals surface area contributed by atoms with Crippen molar-refractivity contribution in [2.75, 3.05) is 26.7 Å². The number of aliphatic hydroxyl groups excluding tert-OH is 1. The van der Waals surface area contributed by atoms with Crippen molar-refractivity contribution in [2.45, 2.75) is 63.5 Å². The molecule has 2 atom stereocenters. The Hall–Kier alpha value is -1.63. The first-order chi connectivity index (χ1) is 12.4. The molecular weight excluding hydrogens is 336 g/mol. The van der Waals surface area contributed by atoms with E-state index in [1.54, 1.807) is 14.0 Å². The third kappa shape index (κ3) is 3.21. The van der Waals surface area contributed by atoms with Crippen molar-refractivity contribution in [2.24, 2.45) is 11.8 Å². The smallest absolute Gasteiger partial charge is 0.314 e. The Kier molecular flexibility index (Phi) is 5.55. The lowest BCUT2D eigenvalue weighted by Gasteiger charge is -2.45. The average molecular weight is 366 g/mol. The second-order valence-corrected chi connectivity index (χ2v) is 7.91. The van der Waals surface area contributed by atoms with E-state index in [1.807, 2.05) is 4.90 Å². The summed E-state index contributed by atoms with van der Waals surface area (Å²) in [4.78, 5) is 40.7. The summed E-state index contributed by atoms with van der Waals surface area (Å²) in [6.45, 7) is 2.93. The van der Waals surface area contributed by atoms with Gasteiger partial charge in [-0.15, -0.1) is 0 Å². The largest absolute Gasteiger partial charge is 0.466 e. The molecule has 146 valence electrons. The van der Waals surface area contributed by atoms with Crippen LogP contribution in [0.2, 0.25) is 0 Å². The van der Waals surface area contributed by atoms with E-state index in [2.05, 4.69) is 0 Å². The van der Waals surface area contributed by atoms with E-state index in [0.29, 0.717) is 38.3 Å². The fourth-order valence-corrected chi connectivity index (χ4v) is 5.02. The molecule has 0 unspecified atom stereocenters. The lowest BCUT2D eigenvalue weighted by molar-refractivity contribution is -0.156. The molecule has 3 aliphatic rings. The number of nitrogens with zero attached hydrogens (tertiary/aromatic N) is 2. The van der Waals surface area contributed by atoms with Gasteiger partial charge in [0.2, 0.25) is 5.91 Å². The molecule has 1 spiro atoms. The summed E-state index contributed by atoms with van der Waals surface area (Å²) in [5, 5.41) is 10.3. The van der Waals surface area contributed by atoms with Crippen molar-refractivity contribution in [1.82, 2.24) is 9.80 Å². The van der Waals surface area contributed by atoms with E-state index in [1.165, 1.54) is 17.7 Å². The maximum Gasteiger partial charge on any atom is 0.314 e. The molecule has 3 rings (SSSR count). The standard InChI is InChI=1S/C19H30N2O5/c1-3-26-18(25)15-16(23)17(24)20(2)19(15)8-10-21(11-9-19)14(22)12-13-6-4-5-7-13/h13,15-16,23H,3-12H2,1-2H3/t15-,16-/m1/s1. The number of piperidine rings is 1. The van der Waals surface area contributed by atoms with Crippen LogP contribution in [-0.2, 0) is 19.1 Å². The highest BCUT2D eigenvalue weighted by atomic mass is 16.5. The number of hydrogen-bond acceptors (Lipinski definition) is 5. The fourth-order valence-electron chi connectivity index (χ4n) is 5.02. The van der Waals surface area contributed by atoms with Crippen LogP contribution >= 0.6 is 0 Å². The lowest BCUT2D eigenvalue weighted by atomic mass is 9.76. The van der Waals surface area contributed by atoms with Crippen LogP contribution in [0, 0.1) is 11.8 Å². The summed E-state index contributed by atoms with van der Waals surface area (Å²) in [5.74, 6) is -1.17. The normalized spacial score (nSPS) is 28.8. The van der Waals surface area contributed by atoms with E-state index in [9.17, 15) is 19.5 Å². The zero-order valence-corrected chi connectivity index (χ0v) is 15.8. The van der Waals surface area contributed by atoms with Gasteiger partial charge in [0.1, 0.15) is 12.0 Å². The third-order valence-corrected chi connectivity index (χ3v) is 6.61. The first-order valence-electron chi connectivity index (χ1n) is 9.81. The zero-order valence-electron chi connectivity index (χ0n) is 15.8. The third-order valence-electron chi connectivity index (χ3n) is 6.61. The van der Waals surface area contributed by atoms with Gasteiger partial charge in [0.05, 0.1) is 12.1 Å². The van der Waals surface area contributed by atoms with Crippen LogP contribution in [0.15, 0.2) is 0 Å². The Morgan fingerprint density at radius 3 is 2.42 bits per heavy atom. The summed E-state index contributed by atoms with van der Waals surface area (Å²) in [6, 6.07) is 0. The summed E-state index contributed by atoms with van der Waals surface area (Å²) < 4.78 is 5.13. The van der Waals surface area contributed by atoms with E-state index >= 15 is 0 Å². The number of carbonyl (C=O) groups excluding carboxylic acids is 3.